The summed E-state index contributed by atoms with van der Waals surface area (Å²) in [5.41, 5.74) is 3.86. The third-order valence-corrected chi connectivity index (χ3v) is 1.86. The van der Waals surface area contributed by atoms with Gasteiger partial charge in [0.15, 0.2) is 0 Å². The normalized spacial score (nSPS) is 11.5. The van der Waals surface area contributed by atoms with Crippen molar-refractivity contribution in [3.63, 3.8) is 0 Å². The zero-order valence-electron chi connectivity index (χ0n) is 8.99. The summed E-state index contributed by atoms with van der Waals surface area (Å²) < 4.78 is 37.1. The number of carbonyl (C=O) groups is 2. The summed E-state index contributed by atoms with van der Waals surface area (Å²) in [7, 11) is 0. The number of carbonyl (C=O) groups excluding carboxylic acids is 2. The summed E-state index contributed by atoms with van der Waals surface area (Å²) in [6, 6.07) is 4.13. The van der Waals surface area contributed by atoms with Gasteiger partial charge in [-0.1, -0.05) is 6.07 Å². The Hall–Kier alpha value is -2.31. The molecule has 2 amide bonds. The third kappa shape index (κ3) is 4.28. The van der Waals surface area contributed by atoms with Gasteiger partial charge in [0.2, 0.25) is 11.8 Å². The number of rotatable bonds is 3. The fraction of sp³-hybridized carbons (Fsp3) is 0.0909. The molecule has 1 aromatic rings. The van der Waals surface area contributed by atoms with Gasteiger partial charge in [-0.05, 0) is 18.2 Å². The van der Waals surface area contributed by atoms with Gasteiger partial charge in [-0.15, -0.1) is 0 Å². The van der Waals surface area contributed by atoms with Crippen LogP contribution < -0.4 is 11.1 Å². The maximum absolute atomic E-state index is 12.4. The number of hydrogen-bond acceptors (Lipinski definition) is 2. The summed E-state index contributed by atoms with van der Waals surface area (Å²) in [6.07, 6.45) is -2.84. The fourth-order valence-electron chi connectivity index (χ4n) is 1.12. The zero-order chi connectivity index (χ0) is 13.8. The van der Waals surface area contributed by atoms with E-state index in [1.165, 1.54) is 6.07 Å². The van der Waals surface area contributed by atoms with Gasteiger partial charge in [0.05, 0.1) is 5.56 Å². The molecule has 18 heavy (non-hydrogen) atoms. The Morgan fingerprint density at radius 2 is 1.89 bits per heavy atom. The zero-order valence-corrected chi connectivity index (χ0v) is 8.99. The van der Waals surface area contributed by atoms with Crippen molar-refractivity contribution in [1.82, 2.24) is 0 Å². The second-order valence-corrected chi connectivity index (χ2v) is 3.30. The van der Waals surface area contributed by atoms with Gasteiger partial charge in [0, 0.05) is 17.8 Å². The van der Waals surface area contributed by atoms with Crippen LogP contribution in [0.5, 0.6) is 0 Å². The minimum Gasteiger partial charge on any atom is -0.366 e. The van der Waals surface area contributed by atoms with Crippen LogP contribution in [0.15, 0.2) is 36.4 Å². The Kier molecular flexibility index (Phi) is 4.09. The monoisotopic (exact) mass is 258 g/mol. The highest BCUT2D eigenvalue weighted by atomic mass is 19.4. The molecular weight excluding hydrogens is 249 g/mol. The number of amides is 2. The Labute approximate surface area is 100 Å². The van der Waals surface area contributed by atoms with Crippen LogP contribution in [-0.2, 0) is 15.8 Å². The lowest BCUT2D eigenvalue weighted by molar-refractivity contribution is -0.137. The smallest absolute Gasteiger partial charge is 0.366 e. The van der Waals surface area contributed by atoms with Crippen LogP contribution in [-0.4, -0.2) is 11.8 Å². The Bertz CT molecular complexity index is 495. The van der Waals surface area contributed by atoms with Gasteiger partial charge in [-0.2, -0.15) is 13.2 Å². The van der Waals surface area contributed by atoms with E-state index >= 15 is 0 Å². The van der Waals surface area contributed by atoms with Gasteiger partial charge in [-0.3, -0.25) is 9.59 Å². The van der Waals surface area contributed by atoms with E-state index in [4.69, 9.17) is 5.73 Å². The lowest BCUT2D eigenvalue weighted by Gasteiger charge is -2.08. The molecule has 1 aromatic carbocycles. The predicted molar refractivity (Wildman–Crippen MR) is 58.4 cm³/mol. The van der Waals surface area contributed by atoms with Crippen LogP contribution in [0.2, 0.25) is 0 Å². The number of benzene rings is 1. The van der Waals surface area contributed by atoms with E-state index in [-0.39, 0.29) is 5.69 Å². The molecule has 3 N–H and O–H groups in total. The van der Waals surface area contributed by atoms with Crippen molar-refractivity contribution in [2.45, 2.75) is 6.18 Å². The van der Waals surface area contributed by atoms with Crippen molar-refractivity contribution in [2.24, 2.45) is 5.73 Å². The quantitative estimate of drug-likeness (QED) is 0.810. The minimum atomic E-state index is -4.48. The molecule has 7 heteroatoms. The maximum atomic E-state index is 12.4. The molecule has 0 saturated heterocycles. The van der Waals surface area contributed by atoms with Crippen LogP contribution in [0.25, 0.3) is 0 Å². The molecule has 1 rings (SSSR count). The highest BCUT2D eigenvalue weighted by Gasteiger charge is 2.30. The number of anilines is 1. The molecule has 0 heterocycles. The number of halogens is 3. The Morgan fingerprint density at radius 1 is 1.22 bits per heavy atom. The molecule has 0 unspecified atom stereocenters. The van der Waals surface area contributed by atoms with E-state index in [1.807, 2.05) is 0 Å². The van der Waals surface area contributed by atoms with Gasteiger partial charge >= 0.3 is 6.18 Å². The lowest BCUT2D eigenvalue weighted by atomic mass is 10.2. The summed E-state index contributed by atoms with van der Waals surface area (Å²) >= 11 is 0. The Balaban J connectivity index is 2.80. The molecule has 4 nitrogen and oxygen atoms in total. The van der Waals surface area contributed by atoms with E-state index < -0.39 is 23.6 Å². The van der Waals surface area contributed by atoms with Gasteiger partial charge in [0.1, 0.15) is 0 Å². The summed E-state index contributed by atoms with van der Waals surface area (Å²) in [5, 5.41) is 2.18. The molecule has 0 spiro atoms. The van der Waals surface area contributed by atoms with E-state index in [9.17, 15) is 22.8 Å². The van der Waals surface area contributed by atoms with Gasteiger partial charge < -0.3 is 11.1 Å². The van der Waals surface area contributed by atoms with E-state index in [0.717, 1.165) is 30.4 Å². The Morgan fingerprint density at radius 3 is 2.44 bits per heavy atom. The molecule has 0 atom stereocenters. The molecule has 0 aliphatic rings. The topological polar surface area (TPSA) is 72.2 Å². The number of primary amides is 1. The lowest BCUT2D eigenvalue weighted by Crippen LogP contribution is -2.12. The molecule has 0 bridgehead atoms. The standard InChI is InChI=1S/C11H9F3N2O2/c12-11(13,14)7-2-1-3-8(6-7)16-10(18)5-4-9(15)17/h1-6H,(H2,15,17)(H,16,18)/b5-4-. The molecule has 0 saturated carbocycles. The SMILES string of the molecule is NC(=O)/C=C\C(=O)Nc1cccc(C(F)(F)F)c1. The summed E-state index contributed by atoms with van der Waals surface area (Å²) in [5.74, 6) is -1.57. The second-order valence-electron chi connectivity index (χ2n) is 3.30. The third-order valence-electron chi connectivity index (χ3n) is 1.86. The first-order chi connectivity index (χ1) is 8.29. The molecule has 96 valence electrons. The largest absolute Gasteiger partial charge is 0.416 e. The second kappa shape index (κ2) is 5.35. The van der Waals surface area contributed by atoms with Gasteiger partial charge in [0.25, 0.3) is 0 Å². The van der Waals surface area contributed by atoms with Crippen LogP contribution in [0.4, 0.5) is 18.9 Å². The highest BCUT2D eigenvalue weighted by molar-refractivity contribution is 6.03. The average Bonchev–Trinajstić information content (AvgIpc) is 2.25. The van der Waals surface area contributed by atoms with Crippen LogP contribution >= 0.6 is 0 Å². The van der Waals surface area contributed by atoms with Crippen molar-refractivity contribution >= 4 is 17.5 Å². The number of nitrogens with one attached hydrogen (secondary N) is 1. The summed E-state index contributed by atoms with van der Waals surface area (Å²) in [6.45, 7) is 0. The molecule has 0 aromatic heterocycles. The minimum absolute atomic E-state index is 0.0241. The van der Waals surface area contributed by atoms with Crippen molar-refractivity contribution < 1.29 is 22.8 Å². The van der Waals surface area contributed by atoms with Crippen molar-refractivity contribution in [3.05, 3.63) is 42.0 Å². The van der Waals surface area contributed by atoms with Gasteiger partial charge in [-0.25, -0.2) is 0 Å². The van der Waals surface area contributed by atoms with E-state index in [2.05, 4.69) is 5.32 Å². The first-order valence-electron chi connectivity index (χ1n) is 4.75. The highest BCUT2D eigenvalue weighted by Crippen LogP contribution is 2.30. The molecule has 0 radical (unpaired) electrons. The van der Waals surface area contributed by atoms with E-state index in [1.54, 1.807) is 0 Å². The summed E-state index contributed by atoms with van der Waals surface area (Å²) in [4.78, 5) is 21.5. The molecule has 0 aliphatic carbocycles. The number of alkyl halides is 3. The fourth-order valence-corrected chi connectivity index (χ4v) is 1.12. The van der Waals surface area contributed by atoms with Crippen molar-refractivity contribution in [3.8, 4) is 0 Å². The molecule has 0 fully saturated rings. The van der Waals surface area contributed by atoms with Crippen LogP contribution in [0.1, 0.15) is 5.56 Å². The van der Waals surface area contributed by atoms with Crippen LogP contribution in [0, 0.1) is 0 Å². The molecule has 0 aliphatic heterocycles. The average molecular weight is 258 g/mol. The number of hydrogen-bond donors (Lipinski definition) is 2. The first kappa shape index (κ1) is 13.8. The maximum Gasteiger partial charge on any atom is 0.416 e. The van der Waals surface area contributed by atoms with E-state index in [0.29, 0.717) is 0 Å². The predicted octanol–water partition coefficient (Wildman–Crippen LogP) is 1.69. The first-order valence-corrected chi connectivity index (χ1v) is 4.75. The van der Waals surface area contributed by atoms with Crippen LogP contribution in [0.3, 0.4) is 0 Å². The number of nitrogens with two attached hydrogens (primary N) is 1. The molecular formula is C11H9F3N2O2. The van der Waals surface area contributed by atoms with Crippen molar-refractivity contribution in [2.75, 3.05) is 5.32 Å². The van der Waals surface area contributed by atoms with Crippen molar-refractivity contribution in [1.29, 1.82) is 0 Å².